The van der Waals surface area contributed by atoms with Gasteiger partial charge in [0.1, 0.15) is 11.2 Å². The van der Waals surface area contributed by atoms with Crippen LogP contribution in [0.1, 0.15) is 25.0 Å². The molecule has 24 rings (SSSR count). The Hall–Kier alpha value is -14.3. The molecule has 8 nitrogen and oxygen atoms in total. The van der Waals surface area contributed by atoms with Gasteiger partial charge in [-0.05, 0) is 201 Å². The number of para-hydroxylation sites is 7. The van der Waals surface area contributed by atoms with E-state index < -0.39 is 0 Å². The molecule has 0 atom stereocenters. The van der Waals surface area contributed by atoms with Gasteiger partial charge in [-0.2, -0.15) is 0 Å². The SMILES string of the molecule is CC1(C)c2ccccc2-c2cc3c4ccccc4n(-c4ccc5nc(-n6c7ccccc7c7cc(-c8ccc9oc%10ccccc%10c9c8)ccc76)c(-n6c7cc(-c8ccc9c(c8)c8ccccc8n9-c8ccccc8)ccc7c7ccc(-c8ccc9c(c8)c8ccccc8n9-c8ccccc8)cc76)nc5c4)c3cc21. The minimum atomic E-state index is -0.201. The number of hydrogen-bond acceptors (Lipinski definition) is 3. The van der Waals surface area contributed by atoms with Gasteiger partial charge in [-0.1, -0.05) is 214 Å². The van der Waals surface area contributed by atoms with E-state index >= 15 is 0 Å². The van der Waals surface area contributed by atoms with Gasteiger partial charge in [0.05, 0.1) is 66.2 Å². The molecule has 0 amide bonds. The first-order valence-corrected chi connectivity index (χ1v) is 37.5. The standard InChI is InChI=1S/C101H63N7O/c1-101(2)83-31-15-9-25-69(83)77-58-81-73-29-12-18-34-89(73)106(96(81)59-84(77)101)68-43-46-85-86(57-68)103-100(99(102-85)107-90-35-19-13-28-72(90)80-51-60(41-49-93(80)107)63-42-50-98-82(54-63)76-30-14-20-36-97(76)109-98)108-94-55-64(61-39-47-91-78(52-61)70-26-10-16-32-87(70)104(91)66-21-5-3-6-22-66)37-44-74(94)75-45-38-65(56-95(75)108)62-40-48-92-79(53-62)71-27-11-17-33-88(71)105(92)67-23-7-4-8-24-67/h3-59H,1-2H3. The van der Waals surface area contributed by atoms with Crippen LogP contribution in [-0.4, -0.2) is 32.8 Å². The van der Waals surface area contributed by atoms with E-state index in [-0.39, 0.29) is 5.41 Å². The highest BCUT2D eigenvalue weighted by molar-refractivity contribution is 6.17. The van der Waals surface area contributed by atoms with E-state index in [9.17, 15) is 0 Å². The Morgan fingerprint density at radius 1 is 0.220 bits per heavy atom. The molecular weight excluding hydrogens is 1330 g/mol. The number of benzene rings is 16. The number of hydrogen-bond donors (Lipinski definition) is 0. The number of furan rings is 1. The van der Waals surface area contributed by atoms with Crippen LogP contribution in [-0.2, 0) is 5.41 Å². The molecule has 0 fully saturated rings. The summed E-state index contributed by atoms with van der Waals surface area (Å²) in [5, 5.41) is 13.8. The van der Waals surface area contributed by atoms with Crippen LogP contribution in [0.4, 0.5) is 0 Å². The largest absolute Gasteiger partial charge is 0.456 e. The molecule has 0 N–H and O–H groups in total. The summed E-state index contributed by atoms with van der Waals surface area (Å²) in [5.41, 5.74) is 29.2. The fourth-order valence-electron chi connectivity index (χ4n) is 18.8. The van der Waals surface area contributed by atoms with Crippen LogP contribution in [0, 0.1) is 0 Å². The van der Waals surface area contributed by atoms with Crippen molar-refractivity contribution in [1.82, 2.24) is 32.8 Å². The van der Waals surface area contributed by atoms with Crippen LogP contribution in [0.3, 0.4) is 0 Å². The Labute approximate surface area is 624 Å². The highest BCUT2D eigenvalue weighted by Gasteiger charge is 2.37. The van der Waals surface area contributed by atoms with Crippen molar-refractivity contribution in [1.29, 1.82) is 0 Å². The minimum absolute atomic E-state index is 0.201. The first-order chi connectivity index (χ1) is 53.8. The van der Waals surface area contributed by atoms with E-state index in [2.05, 4.69) is 370 Å². The predicted molar refractivity (Wildman–Crippen MR) is 452 cm³/mol. The lowest BCUT2D eigenvalue weighted by Gasteiger charge is -2.21. The summed E-state index contributed by atoms with van der Waals surface area (Å²) in [4.78, 5) is 12.3. The second-order valence-corrected chi connectivity index (χ2v) is 30.0. The molecule has 0 radical (unpaired) electrons. The zero-order valence-electron chi connectivity index (χ0n) is 59.4. The maximum Gasteiger partial charge on any atom is 0.182 e. The van der Waals surface area contributed by atoms with Crippen LogP contribution in [0.25, 0.3) is 215 Å². The quantitative estimate of drug-likeness (QED) is 0.152. The Kier molecular flexibility index (Phi) is 12.3. The highest BCUT2D eigenvalue weighted by atomic mass is 16.3. The monoisotopic (exact) mass is 1390 g/mol. The first kappa shape index (κ1) is 60.0. The third-order valence-electron chi connectivity index (χ3n) is 23.9. The lowest BCUT2D eigenvalue weighted by Crippen LogP contribution is -2.15. The average molecular weight is 1390 g/mol. The summed E-state index contributed by atoms with van der Waals surface area (Å²) >= 11 is 0. The third-order valence-corrected chi connectivity index (χ3v) is 23.9. The van der Waals surface area contributed by atoms with Gasteiger partial charge in [-0.15, -0.1) is 0 Å². The molecule has 0 bridgehead atoms. The molecule has 109 heavy (non-hydrogen) atoms. The van der Waals surface area contributed by atoms with Gasteiger partial charge in [-0.3, -0.25) is 9.13 Å². The molecule has 16 aromatic carbocycles. The van der Waals surface area contributed by atoms with E-state index in [1.807, 2.05) is 12.1 Å². The van der Waals surface area contributed by atoms with Gasteiger partial charge in [-0.25, -0.2) is 9.97 Å². The molecular formula is C101H63N7O. The van der Waals surface area contributed by atoms with E-state index in [0.29, 0.717) is 11.6 Å². The zero-order chi connectivity index (χ0) is 71.5. The molecule has 23 aromatic rings. The molecule has 7 aromatic heterocycles. The Bertz CT molecular complexity index is 7670. The van der Waals surface area contributed by atoms with Gasteiger partial charge in [0, 0.05) is 87.1 Å². The molecule has 7 heterocycles. The van der Waals surface area contributed by atoms with Gasteiger partial charge < -0.3 is 18.1 Å². The summed E-state index contributed by atoms with van der Waals surface area (Å²) in [5.74, 6) is 1.41. The number of rotatable bonds is 8. The Morgan fingerprint density at radius 3 is 1.16 bits per heavy atom. The Morgan fingerprint density at radius 2 is 0.596 bits per heavy atom. The van der Waals surface area contributed by atoms with Crippen LogP contribution < -0.4 is 0 Å². The average Bonchev–Trinajstić information content (AvgIpc) is 1.55. The molecule has 1 aliphatic carbocycles. The van der Waals surface area contributed by atoms with E-state index in [4.69, 9.17) is 14.4 Å². The zero-order valence-corrected chi connectivity index (χ0v) is 59.4. The smallest absolute Gasteiger partial charge is 0.182 e. The molecule has 0 aliphatic heterocycles. The van der Waals surface area contributed by atoms with Crippen LogP contribution in [0.2, 0.25) is 0 Å². The van der Waals surface area contributed by atoms with Crippen LogP contribution in [0.15, 0.2) is 350 Å². The summed E-state index contributed by atoms with van der Waals surface area (Å²) in [6.07, 6.45) is 0. The van der Waals surface area contributed by atoms with E-state index in [0.717, 1.165) is 149 Å². The van der Waals surface area contributed by atoms with Crippen molar-refractivity contribution in [2.45, 2.75) is 19.3 Å². The molecule has 0 saturated heterocycles. The summed E-state index contributed by atoms with van der Waals surface area (Å²) in [6.45, 7) is 4.74. The number of aromatic nitrogens is 7. The maximum atomic E-state index is 6.37. The normalized spacial score (nSPS) is 12.9. The fourth-order valence-corrected chi connectivity index (χ4v) is 18.8. The van der Waals surface area contributed by atoms with Crippen molar-refractivity contribution in [3.63, 3.8) is 0 Å². The van der Waals surface area contributed by atoms with E-state index in [1.54, 1.807) is 0 Å². The highest BCUT2D eigenvalue weighted by Crippen LogP contribution is 2.52. The Balaban J connectivity index is 0.783. The number of fused-ring (bicyclic) bond motifs is 22. The molecule has 0 saturated carbocycles. The fraction of sp³-hybridized carbons (Fsp3) is 0.0297. The van der Waals surface area contributed by atoms with Crippen molar-refractivity contribution in [2.75, 3.05) is 0 Å². The summed E-state index contributed by atoms with van der Waals surface area (Å²) in [6, 6.07) is 127. The second kappa shape index (κ2) is 22.4. The topological polar surface area (TPSA) is 63.6 Å². The van der Waals surface area contributed by atoms with Crippen molar-refractivity contribution in [3.8, 4) is 73.2 Å². The van der Waals surface area contributed by atoms with Crippen LogP contribution in [0.5, 0.6) is 0 Å². The van der Waals surface area contributed by atoms with Gasteiger partial charge in [0.2, 0.25) is 0 Å². The molecule has 0 spiro atoms. The summed E-state index contributed by atoms with van der Waals surface area (Å²) in [7, 11) is 0. The second-order valence-electron chi connectivity index (χ2n) is 30.0. The molecule has 508 valence electrons. The first-order valence-electron chi connectivity index (χ1n) is 37.5. The van der Waals surface area contributed by atoms with Gasteiger partial charge in [0.15, 0.2) is 11.6 Å². The van der Waals surface area contributed by atoms with Crippen molar-refractivity contribution < 1.29 is 4.42 Å². The summed E-state index contributed by atoms with van der Waals surface area (Å²) < 4.78 is 18.4. The predicted octanol–water partition coefficient (Wildman–Crippen LogP) is 26.3. The van der Waals surface area contributed by atoms with Crippen molar-refractivity contribution >= 4 is 142 Å². The lowest BCUT2D eigenvalue weighted by atomic mass is 9.82. The molecule has 8 heteroatoms. The number of nitrogens with zero attached hydrogens (tertiary/aromatic N) is 7. The molecule has 1 aliphatic rings. The lowest BCUT2D eigenvalue weighted by molar-refractivity contribution is 0.661. The van der Waals surface area contributed by atoms with Crippen molar-refractivity contribution in [3.05, 3.63) is 357 Å². The minimum Gasteiger partial charge on any atom is -0.456 e. The van der Waals surface area contributed by atoms with Crippen molar-refractivity contribution in [2.24, 2.45) is 0 Å². The van der Waals surface area contributed by atoms with Crippen LogP contribution >= 0.6 is 0 Å². The van der Waals surface area contributed by atoms with E-state index in [1.165, 1.54) is 65.6 Å². The van der Waals surface area contributed by atoms with Gasteiger partial charge in [0.25, 0.3) is 0 Å². The molecule has 0 unspecified atom stereocenters. The maximum absolute atomic E-state index is 6.37. The third kappa shape index (κ3) is 8.59. The van der Waals surface area contributed by atoms with Gasteiger partial charge >= 0.3 is 0 Å².